The maximum atomic E-state index is 4.10. The molecule has 0 bridgehead atoms. The van der Waals surface area contributed by atoms with Gasteiger partial charge in [0.1, 0.15) is 0 Å². The molecule has 0 spiro atoms. The van der Waals surface area contributed by atoms with Gasteiger partial charge >= 0.3 is 0 Å². The first-order chi connectivity index (χ1) is 7.74. The molecule has 0 saturated carbocycles. The topological polar surface area (TPSA) is 29.1 Å². The van der Waals surface area contributed by atoms with Gasteiger partial charge in [-0.05, 0) is 19.2 Å². The predicted molar refractivity (Wildman–Crippen MR) is 64.8 cm³/mol. The molecule has 0 aliphatic rings. The molecule has 1 heterocycles. The molecule has 0 unspecified atom stereocenters. The van der Waals surface area contributed by atoms with Crippen LogP contribution >= 0.6 is 0 Å². The van der Waals surface area contributed by atoms with Crippen molar-refractivity contribution in [1.82, 2.24) is 4.98 Å². The molecule has 0 radical (unpaired) electrons. The summed E-state index contributed by atoms with van der Waals surface area (Å²) in [5.74, 6) is 0. The Kier molecular flexibility index (Phi) is 2.77. The zero-order chi connectivity index (χ0) is 11.5. The van der Waals surface area contributed by atoms with Crippen molar-refractivity contribution < 1.29 is 4.57 Å². The van der Waals surface area contributed by atoms with Crippen LogP contribution in [-0.2, 0) is 7.05 Å². The Hall–Kier alpha value is -2.03. The van der Waals surface area contributed by atoms with Gasteiger partial charge in [0.2, 0.25) is 0 Å². The van der Waals surface area contributed by atoms with Gasteiger partial charge in [0, 0.05) is 5.56 Å². The lowest BCUT2D eigenvalue weighted by Crippen LogP contribution is -2.31. The standard InChI is InChI=1S/C13H14N3/c1-10-6-4-5-7-11(10)13-12(14-2)8-15-9-16(13)3/h4-9H,2H2,1,3H3/q+1. The summed E-state index contributed by atoms with van der Waals surface area (Å²) in [4.78, 5) is 8.12. The van der Waals surface area contributed by atoms with Gasteiger partial charge in [0.05, 0.1) is 7.05 Å². The van der Waals surface area contributed by atoms with E-state index in [2.05, 4.69) is 35.8 Å². The normalized spacial score (nSPS) is 10.1. The SMILES string of the molecule is C=Nc1cnc[n+](C)c1-c1ccccc1C. The van der Waals surface area contributed by atoms with Crippen LogP contribution in [-0.4, -0.2) is 11.7 Å². The minimum Gasteiger partial charge on any atom is -0.256 e. The van der Waals surface area contributed by atoms with E-state index in [0.29, 0.717) is 0 Å². The number of hydrogen-bond donors (Lipinski definition) is 0. The van der Waals surface area contributed by atoms with Crippen molar-refractivity contribution in [2.75, 3.05) is 0 Å². The second-order valence-corrected chi connectivity index (χ2v) is 3.71. The number of hydrogen-bond acceptors (Lipinski definition) is 2. The van der Waals surface area contributed by atoms with Crippen molar-refractivity contribution in [1.29, 1.82) is 0 Å². The van der Waals surface area contributed by atoms with Crippen LogP contribution in [0.4, 0.5) is 5.69 Å². The number of aromatic nitrogens is 2. The van der Waals surface area contributed by atoms with Gasteiger partial charge in [0.15, 0.2) is 17.6 Å². The molecule has 0 atom stereocenters. The van der Waals surface area contributed by atoms with Crippen molar-refractivity contribution >= 4 is 12.4 Å². The van der Waals surface area contributed by atoms with Crippen LogP contribution in [0.1, 0.15) is 5.56 Å². The molecule has 3 nitrogen and oxygen atoms in total. The Morgan fingerprint density at radius 1 is 1.31 bits per heavy atom. The molecule has 0 saturated heterocycles. The first-order valence-corrected chi connectivity index (χ1v) is 5.10. The van der Waals surface area contributed by atoms with Crippen LogP contribution in [0.2, 0.25) is 0 Å². The molecular weight excluding hydrogens is 198 g/mol. The van der Waals surface area contributed by atoms with Gasteiger partial charge in [0.25, 0.3) is 6.33 Å². The van der Waals surface area contributed by atoms with E-state index in [4.69, 9.17) is 0 Å². The smallest absolute Gasteiger partial charge is 0.256 e. The van der Waals surface area contributed by atoms with Crippen LogP contribution < -0.4 is 4.57 Å². The fourth-order valence-electron chi connectivity index (χ4n) is 1.79. The highest BCUT2D eigenvalue weighted by Gasteiger charge is 2.14. The summed E-state index contributed by atoms with van der Waals surface area (Å²) in [6, 6.07) is 8.22. The summed E-state index contributed by atoms with van der Waals surface area (Å²) in [5, 5.41) is 0. The third kappa shape index (κ3) is 1.72. The molecule has 1 aromatic heterocycles. The van der Waals surface area contributed by atoms with E-state index in [0.717, 1.165) is 16.9 Å². The van der Waals surface area contributed by atoms with Crippen LogP contribution in [0.15, 0.2) is 41.8 Å². The first-order valence-electron chi connectivity index (χ1n) is 5.10. The van der Waals surface area contributed by atoms with Crippen LogP contribution in [0.5, 0.6) is 0 Å². The number of benzene rings is 1. The predicted octanol–water partition coefficient (Wildman–Crippen LogP) is 2.21. The van der Waals surface area contributed by atoms with E-state index in [9.17, 15) is 0 Å². The fraction of sp³-hybridized carbons (Fsp3) is 0.154. The summed E-state index contributed by atoms with van der Waals surface area (Å²) in [6.45, 7) is 5.67. The van der Waals surface area contributed by atoms with Crippen molar-refractivity contribution in [3.05, 3.63) is 42.4 Å². The Labute approximate surface area is 95.1 Å². The summed E-state index contributed by atoms with van der Waals surface area (Å²) < 4.78 is 1.96. The molecule has 3 heteroatoms. The van der Waals surface area contributed by atoms with Gasteiger partial charge < -0.3 is 0 Å². The van der Waals surface area contributed by atoms with Crippen LogP contribution in [0, 0.1) is 6.92 Å². The third-order valence-electron chi connectivity index (χ3n) is 2.60. The highest BCUT2D eigenvalue weighted by molar-refractivity contribution is 5.72. The van der Waals surface area contributed by atoms with Gasteiger partial charge in [-0.15, -0.1) is 0 Å². The molecule has 0 fully saturated rings. The van der Waals surface area contributed by atoms with E-state index >= 15 is 0 Å². The molecule has 0 aliphatic heterocycles. The molecule has 1 aromatic carbocycles. The number of aryl methyl sites for hydroxylation is 2. The maximum absolute atomic E-state index is 4.10. The Morgan fingerprint density at radius 3 is 2.75 bits per heavy atom. The zero-order valence-corrected chi connectivity index (χ0v) is 9.51. The summed E-state index contributed by atoms with van der Waals surface area (Å²) in [5.41, 5.74) is 4.23. The molecule has 80 valence electrons. The Balaban J connectivity index is 2.73. The largest absolute Gasteiger partial charge is 0.286 e. The van der Waals surface area contributed by atoms with E-state index in [1.807, 2.05) is 23.7 Å². The van der Waals surface area contributed by atoms with Gasteiger partial charge in [-0.25, -0.2) is 4.57 Å². The minimum atomic E-state index is 0.805. The lowest BCUT2D eigenvalue weighted by atomic mass is 10.0. The Morgan fingerprint density at radius 2 is 2.06 bits per heavy atom. The monoisotopic (exact) mass is 212 g/mol. The first kappa shape index (κ1) is 10.5. The van der Waals surface area contributed by atoms with Crippen molar-refractivity contribution in [3.8, 4) is 11.3 Å². The van der Waals surface area contributed by atoms with E-state index in [-0.39, 0.29) is 0 Å². The number of rotatable bonds is 2. The fourth-order valence-corrected chi connectivity index (χ4v) is 1.79. The van der Waals surface area contributed by atoms with Gasteiger partial charge in [-0.1, -0.05) is 29.2 Å². The molecular formula is C13H14N3+. The summed E-state index contributed by atoms with van der Waals surface area (Å²) in [6.07, 6.45) is 3.51. The number of nitrogens with zero attached hydrogens (tertiary/aromatic N) is 3. The average Bonchev–Trinajstić information content (AvgIpc) is 2.30. The molecule has 16 heavy (non-hydrogen) atoms. The Bertz CT molecular complexity index is 532. The average molecular weight is 212 g/mol. The molecule has 2 rings (SSSR count). The van der Waals surface area contributed by atoms with Crippen LogP contribution in [0.25, 0.3) is 11.3 Å². The summed E-state index contributed by atoms with van der Waals surface area (Å²) in [7, 11) is 1.96. The molecule has 0 amide bonds. The molecule has 0 N–H and O–H groups in total. The lowest BCUT2D eigenvalue weighted by Gasteiger charge is -2.07. The maximum Gasteiger partial charge on any atom is 0.286 e. The second kappa shape index (κ2) is 4.23. The molecule has 0 aliphatic carbocycles. The van der Waals surface area contributed by atoms with Crippen molar-refractivity contribution in [2.24, 2.45) is 12.0 Å². The van der Waals surface area contributed by atoms with Crippen molar-refractivity contribution in [3.63, 3.8) is 0 Å². The number of aliphatic imine (C=N–C) groups is 1. The van der Waals surface area contributed by atoms with Gasteiger partial charge in [-0.3, -0.25) is 4.99 Å². The minimum absolute atomic E-state index is 0.805. The molecule has 2 aromatic rings. The van der Waals surface area contributed by atoms with Crippen molar-refractivity contribution in [2.45, 2.75) is 6.92 Å². The van der Waals surface area contributed by atoms with Gasteiger partial charge in [-0.2, -0.15) is 0 Å². The van der Waals surface area contributed by atoms with E-state index < -0.39 is 0 Å². The lowest BCUT2D eigenvalue weighted by molar-refractivity contribution is -0.663. The highest BCUT2D eigenvalue weighted by Crippen LogP contribution is 2.27. The van der Waals surface area contributed by atoms with Crippen LogP contribution in [0.3, 0.4) is 0 Å². The quantitative estimate of drug-likeness (QED) is 0.554. The zero-order valence-electron chi connectivity index (χ0n) is 9.51. The third-order valence-corrected chi connectivity index (χ3v) is 2.60. The highest BCUT2D eigenvalue weighted by atomic mass is 15.0. The van der Waals surface area contributed by atoms with E-state index in [1.54, 1.807) is 12.5 Å². The summed E-state index contributed by atoms with van der Waals surface area (Å²) >= 11 is 0. The second-order valence-electron chi connectivity index (χ2n) is 3.71. The van der Waals surface area contributed by atoms with E-state index in [1.165, 1.54) is 5.56 Å².